The summed E-state index contributed by atoms with van der Waals surface area (Å²) in [5, 5.41) is 8.92. The highest BCUT2D eigenvalue weighted by molar-refractivity contribution is 5.87. The van der Waals surface area contributed by atoms with Crippen LogP contribution < -0.4 is 0 Å². The van der Waals surface area contributed by atoms with Crippen molar-refractivity contribution < 1.29 is 9.90 Å². The van der Waals surface area contributed by atoms with Gasteiger partial charge in [-0.05, 0) is 54.8 Å². The van der Waals surface area contributed by atoms with Gasteiger partial charge in [0.2, 0.25) is 0 Å². The van der Waals surface area contributed by atoms with Crippen molar-refractivity contribution in [2.45, 2.75) is 20.4 Å². The molecule has 0 saturated heterocycles. The fraction of sp³-hybridized carbons (Fsp3) is 0.176. The lowest BCUT2D eigenvalue weighted by Gasteiger charge is -2.06. The molecule has 2 aromatic carbocycles. The van der Waals surface area contributed by atoms with Gasteiger partial charge < -0.3 is 9.67 Å². The number of benzene rings is 2. The van der Waals surface area contributed by atoms with Crippen LogP contribution in [0.3, 0.4) is 0 Å². The Bertz CT molecular complexity index is 817. The molecule has 0 fully saturated rings. The molecule has 0 radical (unpaired) electrons. The third kappa shape index (κ3) is 2.52. The minimum Gasteiger partial charge on any atom is -0.478 e. The third-order valence-corrected chi connectivity index (χ3v) is 3.79. The van der Waals surface area contributed by atoms with Crippen molar-refractivity contribution >= 4 is 17.0 Å². The van der Waals surface area contributed by atoms with Crippen LogP contribution in [-0.2, 0) is 6.54 Å². The molecule has 0 atom stereocenters. The molecule has 3 aromatic rings. The van der Waals surface area contributed by atoms with Crippen LogP contribution in [0.5, 0.6) is 0 Å². The van der Waals surface area contributed by atoms with Gasteiger partial charge in [-0.25, -0.2) is 9.78 Å². The summed E-state index contributed by atoms with van der Waals surface area (Å²) in [4.78, 5) is 15.3. The maximum absolute atomic E-state index is 10.9. The van der Waals surface area contributed by atoms with Crippen molar-refractivity contribution in [1.29, 1.82) is 0 Å². The zero-order valence-electron chi connectivity index (χ0n) is 12.0. The van der Waals surface area contributed by atoms with Crippen LogP contribution in [-0.4, -0.2) is 20.6 Å². The zero-order chi connectivity index (χ0) is 15.0. The summed E-state index contributed by atoms with van der Waals surface area (Å²) >= 11 is 0. The van der Waals surface area contributed by atoms with Gasteiger partial charge in [0.15, 0.2) is 0 Å². The average molecular weight is 280 g/mol. The fourth-order valence-corrected chi connectivity index (χ4v) is 2.39. The fourth-order valence-electron chi connectivity index (χ4n) is 2.39. The molecule has 0 amide bonds. The van der Waals surface area contributed by atoms with E-state index >= 15 is 0 Å². The smallest absolute Gasteiger partial charge is 0.335 e. The summed E-state index contributed by atoms with van der Waals surface area (Å²) in [6.45, 7) is 4.85. The van der Waals surface area contributed by atoms with Crippen LogP contribution in [0.2, 0.25) is 0 Å². The van der Waals surface area contributed by atoms with Gasteiger partial charge in [0.1, 0.15) is 0 Å². The molecular weight excluding hydrogens is 264 g/mol. The second-order valence-corrected chi connectivity index (χ2v) is 5.30. The number of carbonyl (C=O) groups is 1. The lowest BCUT2D eigenvalue weighted by Crippen LogP contribution is -2.00. The normalized spacial score (nSPS) is 11.0. The molecule has 1 aromatic heterocycles. The maximum Gasteiger partial charge on any atom is 0.335 e. The van der Waals surface area contributed by atoms with Gasteiger partial charge in [0, 0.05) is 6.54 Å². The Morgan fingerprint density at radius 1 is 1.14 bits per heavy atom. The maximum atomic E-state index is 10.9. The van der Waals surface area contributed by atoms with E-state index in [1.165, 1.54) is 11.1 Å². The quantitative estimate of drug-likeness (QED) is 0.800. The Labute approximate surface area is 122 Å². The van der Waals surface area contributed by atoms with E-state index in [9.17, 15) is 4.79 Å². The van der Waals surface area contributed by atoms with Crippen molar-refractivity contribution in [3.63, 3.8) is 0 Å². The van der Waals surface area contributed by atoms with Gasteiger partial charge in [-0.3, -0.25) is 0 Å². The van der Waals surface area contributed by atoms with E-state index < -0.39 is 5.97 Å². The first kappa shape index (κ1) is 13.4. The number of aromatic nitrogens is 2. The number of carboxylic acid groups (broad SMARTS) is 1. The van der Waals surface area contributed by atoms with Crippen LogP contribution in [0.1, 0.15) is 27.0 Å². The Kier molecular flexibility index (Phi) is 3.22. The van der Waals surface area contributed by atoms with E-state index in [2.05, 4.69) is 35.5 Å². The van der Waals surface area contributed by atoms with Crippen LogP contribution >= 0.6 is 0 Å². The number of nitrogens with zero attached hydrogens (tertiary/aromatic N) is 2. The number of hydrogen-bond acceptors (Lipinski definition) is 2. The molecule has 0 unspecified atom stereocenters. The first-order valence-corrected chi connectivity index (χ1v) is 6.79. The molecule has 4 nitrogen and oxygen atoms in total. The zero-order valence-corrected chi connectivity index (χ0v) is 12.0. The van der Waals surface area contributed by atoms with Crippen LogP contribution in [0.4, 0.5) is 0 Å². The Hall–Kier alpha value is -2.62. The Balaban J connectivity index is 1.94. The van der Waals surface area contributed by atoms with Gasteiger partial charge in [0.25, 0.3) is 0 Å². The number of rotatable bonds is 3. The number of carboxylic acids is 1. The van der Waals surface area contributed by atoms with Crippen LogP contribution in [0.15, 0.2) is 42.7 Å². The van der Waals surface area contributed by atoms with Gasteiger partial charge >= 0.3 is 5.97 Å². The minimum absolute atomic E-state index is 0.306. The standard InChI is InChI=1S/C17H16N2O2/c1-11-7-15-16(8-12(11)2)19(10-18-15)9-13-3-5-14(6-4-13)17(20)21/h3-8,10H,9H2,1-2H3,(H,20,21). The lowest BCUT2D eigenvalue weighted by molar-refractivity contribution is 0.0697. The van der Waals surface area contributed by atoms with Crippen molar-refractivity contribution in [3.05, 3.63) is 65.0 Å². The number of fused-ring (bicyclic) bond motifs is 1. The molecule has 4 heteroatoms. The largest absolute Gasteiger partial charge is 0.478 e. The van der Waals surface area contributed by atoms with Crippen LogP contribution in [0, 0.1) is 13.8 Å². The van der Waals surface area contributed by atoms with Crippen molar-refractivity contribution in [1.82, 2.24) is 9.55 Å². The number of aromatic carboxylic acids is 1. The predicted octanol–water partition coefficient (Wildman–Crippen LogP) is 3.40. The molecule has 0 bridgehead atoms. The highest BCUT2D eigenvalue weighted by Gasteiger charge is 2.06. The molecular formula is C17H16N2O2. The summed E-state index contributed by atoms with van der Waals surface area (Å²) in [6, 6.07) is 11.2. The van der Waals surface area contributed by atoms with Gasteiger partial charge in [-0.15, -0.1) is 0 Å². The molecule has 0 saturated carbocycles. The molecule has 0 spiro atoms. The number of aryl methyl sites for hydroxylation is 2. The van der Waals surface area contributed by atoms with E-state index in [0.29, 0.717) is 12.1 Å². The Morgan fingerprint density at radius 3 is 2.48 bits per heavy atom. The van der Waals surface area contributed by atoms with Gasteiger partial charge in [-0.1, -0.05) is 12.1 Å². The molecule has 21 heavy (non-hydrogen) atoms. The first-order chi connectivity index (χ1) is 10.0. The summed E-state index contributed by atoms with van der Waals surface area (Å²) in [7, 11) is 0. The summed E-state index contributed by atoms with van der Waals surface area (Å²) in [5.41, 5.74) is 5.92. The first-order valence-electron chi connectivity index (χ1n) is 6.79. The monoisotopic (exact) mass is 280 g/mol. The second kappa shape index (κ2) is 5.05. The topological polar surface area (TPSA) is 55.1 Å². The summed E-state index contributed by atoms with van der Waals surface area (Å²) < 4.78 is 2.08. The highest BCUT2D eigenvalue weighted by Crippen LogP contribution is 2.19. The van der Waals surface area contributed by atoms with Crippen LogP contribution in [0.25, 0.3) is 11.0 Å². The predicted molar refractivity (Wildman–Crippen MR) is 81.7 cm³/mol. The number of imidazole rings is 1. The van der Waals surface area contributed by atoms with Gasteiger partial charge in [0.05, 0.1) is 22.9 Å². The lowest BCUT2D eigenvalue weighted by atomic mass is 10.1. The van der Waals surface area contributed by atoms with E-state index in [4.69, 9.17) is 5.11 Å². The average Bonchev–Trinajstić information content (AvgIpc) is 2.82. The summed E-state index contributed by atoms with van der Waals surface area (Å²) in [6.07, 6.45) is 1.83. The van der Waals surface area contributed by atoms with Crippen molar-refractivity contribution in [3.8, 4) is 0 Å². The SMILES string of the molecule is Cc1cc2ncn(Cc3ccc(C(=O)O)cc3)c2cc1C. The molecule has 0 aliphatic rings. The molecule has 3 rings (SSSR count). The molecule has 1 heterocycles. The van der Waals surface area contributed by atoms with E-state index in [0.717, 1.165) is 16.6 Å². The van der Waals surface area contributed by atoms with Crippen molar-refractivity contribution in [2.24, 2.45) is 0 Å². The number of hydrogen-bond donors (Lipinski definition) is 1. The minimum atomic E-state index is -0.902. The van der Waals surface area contributed by atoms with Crippen molar-refractivity contribution in [2.75, 3.05) is 0 Å². The highest BCUT2D eigenvalue weighted by atomic mass is 16.4. The molecule has 106 valence electrons. The van der Waals surface area contributed by atoms with E-state index in [1.807, 2.05) is 18.5 Å². The molecule has 0 aliphatic carbocycles. The Morgan fingerprint density at radius 2 is 1.81 bits per heavy atom. The second-order valence-electron chi connectivity index (χ2n) is 5.30. The third-order valence-electron chi connectivity index (χ3n) is 3.79. The summed E-state index contributed by atoms with van der Waals surface area (Å²) in [5.74, 6) is -0.902. The van der Waals surface area contributed by atoms with E-state index in [-0.39, 0.29) is 0 Å². The van der Waals surface area contributed by atoms with E-state index in [1.54, 1.807) is 12.1 Å². The molecule has 0 aliphatic heterocycles. The van der Waals surface area contributed by atoms with Gasteiger partial charge in [-0.2, -0.15) is 0 Å². The molecule has 1 N–H and O–H groups in total.